The highest BCUT2D eigenvalue weighted by atomic mass is 35.5. The Kier molecular flexibility index (Phi) is 2.65. The highest BCUT2D eigenvalue weighted by Gasteiger charge is 2.54. The fourth-order valence-electron chi connectivity index (χ4n) is 1.72. The third-order valence-electron chi connectivity index (χ3n) is 2.69. The molecule has 1 saturated carbocycles. The summed E-state index contributed by atoms with van der Waals surface area (Å²) >= 11 is 5.97. The van der Waals surface area contributed by atoms with Crippen molar-refractivity contribution in [3.63, 3.8) is 0 Å². The van der Waals surface area contributed by atoms with E-state index in [0.29, 0.717) is 11.8 Å². The zero-order chi connectivity index (χ0) is 10.9. The van der Waals surface area contributed by atoms with Crippen LogP contribution >= 0.6 is 11.6 Å². The topological polar surface area (TPSA) is 39.2 Å². The van der Waals surface area contributed by atoms with Crippen molar-refractivity contribution in [2.24, 2.45) is 0 Å². The predicted molar refractivity (Wildman–Crippen MR) is 56.8 cm³/mol. The number of halogens is 1. The number of ether oxygens (including phenoxy) is 1. The van der Waals surface area contributed by atoms with Gasteiger partial charge in [-0.05, 0) is 25.8 Å². The zero-order valence-corrected chi connectivity index (χ0v) is 9.25. The Bertz CT molecular complexity index is 388. The lowest BCUT2D eigenvalue weighted by Crippen LogP contribution is -2.23. The normalized spacial score (nSPS) is 17.2. The summed E-state index contributed by atoms with van der Waals surface area (Å²) in [5.41, 5.74) is 0.284. The van der Waals surface area contributed by atoms with E-state index in [1.54, 1.807) is 19.2 Å². The zero-order valence-electron chi connectivity index (χ0n) is 8.50. The van der Waals surface area contributed by atoms with E-state index in [-0.39, 0.29) is 5.97 Å². The Morgan fingerprint density at radius 2 is 2.40 bits per heavy atom. The number of nitrogens with zero attached hydrogens (tertiary/aromatic N) is 1. The maximum absolute atomic E-state index is 11.8. The Hall–Kier alpha value is -1.09. The van der Waals surface area contributed by atoms with Gasteiger partial charge in [0.1, 0.15) is 5.15 Å². The summed E-state index contributed by atoms with van der Waals surface area (Å²) in [6, 6.07) is 3.64. The van der Waals surface area contributed by atoms with E-state index in [2.05, 4.69) is 4.98 Å². The summed E-state index contributed by atoms with van der Waals surface area (Å²) in [4.78, 5) is 15.8. The molecule has 0 N–H and O–H groups in total. The van der Waals surface area contributed by atoms with Crippen LogP contribution in [0.4, 0.5) is 0 Å². The number of rotatable bonds is 3. The molecule has 80 valence electrons. The van der Waals surface area contributed by atoms with E-state index in [0.717, 1.165) is 18.4 Å². The Morgan fingerprint density at radius 3 is 2.93 bits per heavy atom. The molecule has 0 aliphatic heterocycles. The van der Waals surface area contributed by atoms with Gasteiger partial charge in [-0.15, -0.1) is 0 Å². The van der Waals surface area contributed by atoms with Gasteiger partial charge in [0.2, 0.25) is 0 Å². The van der Waals surface area contributed by atoms with Crippen molar-refractivity contribution in [2.75, 3.05) is 6.61 Å². The van der Waals surface area contributed by atoms with Crippen molar-refractivity contribution in [1.82, 2.24) is 4.98 Å². The molecular weight excluding hydrogens is 214 g/mol. The molecule has 4 heteroatoms. The first-order chi connectivity index (χ1) is 7.20. The van der Waals surface area contributed by atoms with Gasteiger partial charge in [-0.3, -0.25) is 4.79 Å². The fraction of sp³-hybridized carbons (Fsp3) is 0.455. The van der Waals surface area contributed by atoms with Gasteiger partial charge < -0.3 is 4.74 Å². The first-order valence-corrected chi connectivity index (χ1v) is 5.37. The van der Waals surface area contributed by atoms with E-state index >= 15 is 0 Å². The van der Waals surface area contributed by atoms with Crippen LogP contribution in [0, 0.1) is 0 Å². The van der Waals surface area contributed by atoms with Gasteiger partial charge in [-0.1, -0.05) is 17.7 Å². The van der Waals surface area contributed by atoms with Crippen LogP contribution in [0.25, 0.3) is 0 Å². The van der Waals surface area contributed by atoms with Crippen LogP contribution < -0.4 is 0 Å². The molecule has 2 rings (SSSR count). The van der Waals surface area contributed by atoms with E-state index in [4.69, 9.17) is 16.3 Å². The van der Waals surface area contributed by atoms with Crippen LogP contribution in [-0.4, -0.2) is 17.6 Å². The lowest BCUT2D eigenvalue weighted by molar-refractivity contribution is -0.146. The maximum Gasteiger partial charge on any atom is 0.316 e. The van der Waals surface area contributed by atoms with E-state index in [1.165, 1.54) is 0 Å². The Morgan fingerprint density at radius 1 is 1.67 bits per heavy atom. The van der Waals surface area contributed by atoms with E-state index in [9.17, 15) is 4.79 Å². The van der Waals surface area contributed by atoms with Crippen LogP contribution in [0.3, 0.4) is 0 Å². The lowest BCUT2D eigenvalue weighted by atomic mass is 9.98. The third-order valence-corrected chi connectivity index (χ3v) is 2.99. The standard InChI is InChI=1S/C11H12ClNO2/c1-2-15-10(14)11(5-6-11)8-4-3-7-13-9(8)12/h3-4,7H,2,5-6H2,1H3. The summed E-state index contributed by atoms with van der Waals surface area (Å²) in [5, 5.41) is 0.406. The highest BCUT2D eigenvalue weighted by Crippen LogP contribution is 2.50. The van der Waals surface area contributed by atoms with Crippen molar-refractivity contribution in [1.29, 1.82) is 0 Å². The van der Waals surface area contributed by atoms with Crippen molar-refractivity contribution >= 4 is 17.6 Å². The molecule has 1 aliphatic rings. The molecule has 1 fully saturated rings. The number of hydrogen-bond donors (Lipinski definition) is 0. The second-order valence-electron chi connectivity index (χ2n) is 3.64. The van der Waals surface area contributed by atoms with Crippen molar-refractivity contribution < 1.29 is 9.53 Å². The molecule has 0 radical (unpaired) electrons. The largest absolute Gasteiger partial charge is 0.465 e. The average Bonchev–Trinajstić information content (AvgIpc) is 3.00. The molecule has 0 unspecified atom stereocenters. The summed E-state index contributed by atoms with van der Waals surface area (Å²) in [5.74, 6) is -0.181. The monoisotopic (exact) mass is 225 g/mol. The first-order valence-electron chi connectivity index (χ1n) is 4.99. The van der Waals surface area contributed by atoms with Crippen LogP contribution in [0.2, 0.25) is 5.15 Å². The minimum Gasteiger partial charge on any atom is -0.465 e. The molecule has 0 amide bonds. The molecule has 1 aromatic rings. The second kappa shape index (κ2) is 3.81. The molecule has 1 aromatic heterocycles. The second-order valence-corrected chi connectivity index (χ2v) is 4.00. The van der Waals surface area contributed by atoms with Crippen LogP contribution in [-0.2, 0) is 14.9 Å². The first kappa shape index (κ1) is 10.4. The molecule has 0 saturated heterocycles. The van der Waals surface area contributed by atoms with Gasteiger partial charge in [0.15, 0.2) is 0 Å². The van der Waals surface area contributed by atoms with Gasteiger partial charge in [0.25, 0.3) is 0 Å². The summed E-state index contributed by atoms with van der Waals surface area (Å²) in [6.07, 6.45) is 3.22. The van der Waals surface area contributed by atoms with Gasteiger partial charge in [-0.25, -0.2) is 4.98 Å². The van der Waals surface area contributed by atoms with Gasteiger partial charge in [0, 0.05) is 11.8 Å². The van der Waals surface area contributed by atoms with Crippen molar-refractivity contribution in [2.45, 2.75) is 25.2 Å². The maximum atomic E-state index is 11.8. The number of esters is 1. The molecule has 0 bridgehead atoms. The molecule has 0 spiro atoms. The van der Waals surface area contributed by atoms with E-state index in [1.807, 2.05) is 6.07 Å². The predicted octanol–water partition coefficient (Wildman–Crippen LogP) is 2.33. The molecule has 1 aliphatic carbocycles. The van der Waals surface area contributed by atoms with Gasteiger partial charge in [0.05, 0.1) is 12.0 Å². The molecule has 0 aromatic carbocycles. The average molecular weight is 226 g/mol. The summed E-state index contributed by atoms with van der Waals surface area (Å²) in [7, 11) is 0. The summed E-state index contributed by atoms with van der Waals surface area (Å²) < 4.78 is 5.05. The number of carbonyl (C=O) groups excluding carboxylic acids is 1. The fourth-order valence-corrected chi connectivity index (χ4v) is 2.02. The van der Waals surface area contributed by atoms with Gasteiger partial charge >= 0.3 is 5.97 Å². The van der Waals surface area contributed by atoms with E-state index < -0.39 is 5.41 Å². The summed E-state index contributed by atoms with van der Waals surface area (Å²) in [6.45, 7) is 2.21. The third kappa shape index (κ3) is 1.72. The van der Waals surface area contributed by atoms with Crippen molar-refractivity contribution in [3.05, 3.63) is 29.0 Å². The smallest absolute Gasteiger partial charge is 0.316 e. The number of carbonyl (C=O) groups is 1. The lowest BCUT2D eigenvalue weighted by Gasteiger charge is -2.14. The molecule has 1 heterocycles. The van der Waals surface area contributed by atoms with Gasteiger partial charge in [-0.2, -0.15) is 0 Å². The Labute approximate surface area is 93.4 Å². The van der Waals surface area contributed by atoms with Crippen LogP contribution in [0.5, 0.6) is 0 Å². The Balaban J connectivity index is 2.31. The number of pyridine rings is 1. The molecule has 3 nitrogen and oxygen atoms in total. The minimum absolute atomic E-state index is 0.181. The SMILES string of the molecule is CCOC(=O)C1(c2cccnc2Cl)CC1. The highest BCUT2D eigenvalue weighted by molar-refractivity contribution is 6.30. The molecule has 0 atom stereocenters. The number of hydrogen-bond acceptors (Lipinski definition) is 3. The number of aromatic nitrogens is 1. The molecular formula is C11H12ClNO2. The quantitative estimate of drug-likeness (QED) is 0.586. The van der Waals surface area contributed by atoms with Crippen LogP contribution in [0.15, 0.2) is 18.3 Å². The molecule has 15 heavy (non-hydrogen) atoms. The van der Waals surface area contributed by atoms with Crippen molar-refractivity contribution in [3.8, 4) is 0 Å². The minimum atomic E-state index is -0.513. The van der Waals surface area contributed by atoms with Crippen LogP contribution in [0.1, 0.15) is 25.3 Å².